The standard InChI is InChI=1S/C16H18N2O4.ClH/c1-21-15(19)8-14(11-5-3-2-4-6-11)18-16(20)12-7-13(9-17)22-10-12;/h2-7,10,14H,8-9,17H2,1H3,(H,18,20);1H. The molecular weight excluding hydrogens is 320 g/mol. The average molecular weight is 339 g/mol. The summed E-state index contributed by atoms with van der Waals surface area (Å²) in [7, 11) is 1.32. The minimum absolute atomic E-state index is 0. The van der Waals surface area contributed by atoms with Crippen LogP contribution in [-0.4, -0.2) is 19.0 Å². The predicted molar refractivity (Wildman–Crippen MR) is 87.1 cm³/mol. The van der Waals surface area contributed by atoms with Gasteiger partial charge in [-0.05, 0) is 11.6 Å². The number of rotatable bonds is 6. The van der Waals surface area contributed by atoms with Gasteiger partial charge in [0.05, 0.1) is 31.7 Å². The molecule has 7 heteroatoms. The van der Waals surface area contributed by atoms with E-state index in [1.807, 2.05) is 30.3 Å². The zero-order chi connectivity index (χ0) is 15.9. The molecule has 2 rings (SSSR count). The Bertz CT molecular complexity index is 643. The molecule has 0 aliphatic heterocycles. The Balaban J connectivity index is 0.00000264. The van der Waals surface area contributed by atoms with E-state index in [0.717, 1.165) is 5.56 Å². The number of hydrogen-bond acceptors (Lipinski definition) is 5. The van der Waals surface area contributed by atoms with Crippen LogP contribution in [0.4, 0.5) is 0 Å². The fraction of sp³-hybridized carbons (Fsp3) is 0.250. The van der Waals surface area contributed by atoms with Crippen molar-refractivity contribution in [1.82, 2.24) is 5.32 Å². The second-order valence-electron chi connectivity index (χ2n) is 4.72. The van der Waals surface area contributed by atoms with E-state index in [1.54, 1.807) is 6.07 Å². The summed E-state index contributed by atoms with van der Waals surface area (Å²) in [6.45, 7) is 0.220. The number of halogens is 1. The molecule has 1 aromatic heterocycles. The van der Waals surface area contributed by atoms with Crippen molar-refractivity contribution in [3.63, 3.8) is 0 Å². The van der Waals surface area contributed by atoms with Crippen LogP contribution in [0.15, 0.2) is 47.1 Å². The molecular formula is C16H19ClN2O4. The van der Waals surface area contributed by atoms with E-state index >= 15 is 0 Å². The summed E-state index contributed by atoms with van der Waals surface area (Å²) in [6, 6.07) is 10.3. The first-order chi connectivity index (χ1) is 10.6. The smallest absolute Gasteiger partial charge is 0.307 e. The summed E-state index contributed by atoms with van der Waals surface area (Å²) in [4.78, 5) is 23.8. The molecule has 0 spiro atoms. The number of hydrogen-bond donors (Lipinski definition) is 2. The van der Waals surface area contributed by atoms with Gasteiger partial charge in [0, 0.05) is 0 Å². The Hall–Kier alpha value is -2.31. The molecule has 1 atom stereocenters. The third-order valence-corrected chi connectivity index (χ3v) is 3.22. The number of carbonyl (C=O) groups excluding carboxylic acids is 2. The quantitative estimate of drug-likeness (QED) is 0.787. The van der Waals surface area contributed by atoms with E-state index in [1.165, 1.54) is 13.4 Å². The van der Waals surface area contributed by atoms with Gasteiger partial charge in [0.2, 0.25) is 0 Å². The predicted octanol–water partition coefficient (Wildman–Crippen LogP) is 2.19. The van der Waals surface area contributed by atoms with Crippen LogP contribution < -0.4 is 11.1 Å². The van der Waals surface area contributed by atoms with Gasteiger partial charge in [0.1, 0.15) is 12.0 Å². The number of amides is 1. The lowest BCUT2D eigenvalue weighted by Gasteiger charge is -2.17. The monoisotopic (exact) mass is 338 g/mol. The van der Waals surface area contributed by atoms with E-state index in [-0.39, 0.29) is 31.3 Å². The van der Waals surface area contributed by atoms with Gasteiger partial charge < -0.3 is 20.2 Å². The van der Waals surface area contributed by atoms with Crippen molar-refractivity contribution in [2.24, 2.45) is 5.73 Å². The van der Waals surface area contributed by atoms with Gasteiger partial charge in [-0.3, -0.25) is 9.59 Å². The maximum Gasteiger partial charge on any atom is 0.307 e. The summed E-state index contributed by atoms with van der Waals surface area (Å²) >= 11 is 0. The van der Waals surface area contributed by atoms with E-state index < -0.39 is 12.0 Å². The van der Waals surface area contributed by atoms with E-state index in [4.69, 9.17) is 10.2 Å². The van der Waals surface area contributed by atoms with Crippen LogP contribution in [0.1, 0.15) is 34.1 Å². The molecule has 124 valence electrons. The number of nitrogens with one attached hydrogen (secondary N) is 1. The molecule has 1 amide bonds. The third-order valence-electron chi connectivity index (χ3n) is 3.22. The van der Waals surface area contributed by atoms with Crippen molar-refractivity contribution in [2.45, 2.75) is 19.0 Å². The van der Waals surface area contributed by atoms with Crippen molar-refractivity contribution in [3.05, 3.63) is 59.5 Å². The zero-order valence-corrected chi connectivity index (χ0v) is 13.5. The molecule has 0 radical (unpaired) electrons. The van der Waals surface area contributed by atoms with Gasteiger partial charge >= 0.3 is 5.97 Å². The lowest BCUT2D eigenvalue weighted by atomic mass is 10.0. The molecule has 1 heterocycles. The fourth-order valence-electron chi connectivity index (χ4n) is 2.04. The molecule has 1 aromatic carbocycles. The number of benzene rings is 1. The molecule has 1 unspecified atom stereocenters. The number of carbonyl (C=O) groups is 2. The highest BCUT2D eigenvalue weighted by atomic mass is 35.5. The number of ether oxygens (including phenoxy) is 1. The number of methoxy groups -OCH3 is 1. The van der Waals surface area contributed by atoms with Gasteiger partial charge in [-0.25, -0.2) is 0 Å². The Morgan fingerprint density at radius 2 is 2.00 bits per heavy atom. The van der Waals surface area contributed by atoms with Crippen LogP contribution in [-0.2, 0) is 16.1 Å². The highest BCUT2D eigenvalue weighted by Gasteiger charge is 2.20. The summed E-state index contributed by atoms with van der Waals surface area (Å²) in [6.07, 6.45) is 1.39. The molecule has 23 heavy (non-hydrogen) atoms. The second kappa shape index (κ2) is 8.97. The fourth-order valence-corrected chi connectivity index (χ4v) is 2.04. The van der Waals surface area contributed by atoms with Gasteiger partial charge in [0.15, 0.2) is 0 Å². The van der Waals surface area contributed by atoms with Crippen LogP contribution in [0, 0.1) is 0 Å². The van der Waals surface area contributed by atoms with Crippen molar-refractivity contribution >= 4 is 24.3 Å². The van der Waals surface area contributed by atoms with Crippen molar-refractivity contribution in [1.29, 1.82) is 0 Å². The summed E-state index contributed by atoms with van der Waals surface area (Å²) in [5, 5.41) is 2.81. The first-order valence-corrected chi connectivity index (χ1v) is 6.84. The van der Waals surface area contributed by atoms with Crippen LogP contribution in [0.2, 0.25) is 0 Å². The van der Waals surface area contributed by atoms with E-state index in [0.29, 0.717) is 11.3 Å². The Morgan fingerprint density at radius 1 is 1.30 bits per heavy atom. The van der Waals surface area contributed by atoms with Crippen LogP contribution in [0.5, 0.6) is 0 Å². The molecule has 0 bridgehead atoms. The second-order valence-corrected chi connectivity index (χ2v) is 4.72. The molecule has 0 aliphatic carbocycles. The molecule has 0 fully saturated rings. The molecule has 2 aromatic rings. The Kier molecular flexibility index (Phi) is 7.31. The molecule has 3 N–H and O–H groups in total. The first-order valence-electron chi connectivity index (χ1n) is 6.84. The van der Waals surface area contributed by atoms with Crippen LogP contribution in [0.3, 0.4) is 0 Å². The summed E-state index contributed by atoms with van der Waals surface area (Å²) in [5.41, 5.74) is 6.64. The van der Waals surface area contributed by atoms with Gasteiger partial charge in [-0.2, -0.15) is 0 Å². The molecule has 0 aliphatic rings. The zero-order valence-electron chi connectivity index (χ0n) is 12.7. The topological polar surface area (TPSA) is 94.6 Å². The average Bonchev–Trinajstić information content (AvgIpc) is 3.04. The minimum atomic E-state index is -0.475. The summed E-state index contributed by atoms with van der Waals surface area (Å²) in [5.74, 6) is -0.209. The van der Waals surface area contributed by atoms with Crippen molar-refractivity contribution in [2.75, 3.05) is 7.11 Å². The van der Waals surface area contributed by atoms with E-state index in [2.05, 4.69) is 10.1 Å². The highest BCUT2D eigenvalue weighted by molar-refractivity contribution is 5.94. The molecule has 6 nitrogen and oxygen atoms in total. The maximum atomic E-state index is 12.3. The lowest BCUT2D eigenvalue weighted by Crippen LogP contribution is -2.30. The Labute approximate surface area is 140 Å². The van der Waals surface area contributed by atoms with E-state index in [9.17, 15) is 9.59 Å². The minimum Gasteiger partial charge on any atom is -0.469 e. The van der Waals surface area contributed by atoms with Crippen LogP contribution >= 0.6 is 12.4 Å². The third kappa shape index (κ3) is 5.12. The lowest BCUT2D eigenvalue weighted by molar-refractivity contribution is -0.141. The number of furan rings is 1. The molecule has 0 saturated carbocycles. The van der Waals surface area contributed by atoms with Gasteiger partial charge in [-0.1, -0.05) is 30.3 Å². The maximum absolute atomic E-state index is 12.3. The summed E-state index contributed by atoms with van der Waals surface area (Å²) < 4.78 is 9.83. The van der Waals surface area contributed by atoms with Crippen molar-refractivity contribution in [3.8, 4) is 0 Å². The van der Waals surface area contributed by atoms with Crippen molar-refractivity contribution < 1.29 is 18.7 Å². The number of esters is 1. The first kappa shape index (κ1) is 18.7. The Morgan fingerprint density at radius 3 is 2.57 bits per heavy atom. The largest absolute Gasteiger partial charge is 0.469 e. The SMILES string of the molecule is COC(=O)CC(NC(=O)c1coc(CN)c1)c1ccccc1.Cl. The normalized spacial score (nSPS) is 11.2. The number of nitrogens with two attached hydrogens (primary N) is 1. The molecule has 0 saturated heterocycles. The van der Waals surface area contributed by atoms with Gasteiger partial charge in [-0.15, -0.1) is 12.4 Å². The van der Waals surface area contributed by atoms with Crippen LogP contribution in [0.25, 0.3) is 0 Å². The highest BCUT2D eigenvalue weighted by Crippen LogP contribution is 2.18. The van der Waals surface area contributed by atoms with Gasteiger partial charge in [0.25, 0.3) is 5.91 Å².